The molecule has 0 bridgehead atoms. The van der Waals surface area contributed by atoms with E-state index in [9.17, 15) is 4.79 Å². The zero-order valence-electron chi connectivity index (χ0n) is 9.63. The quantitative estimate of drug-likeness (QED) is 0.567. The summed E-state index contributed by atoms with van der Waals surface area (Å²) < 4.78 is 0. The molecular formula is C10H16N4O3. The number of aromatic nitrogens is 2. The molecule has 0 aliphatic rings. The fourth-order valence-electron chi connectivity index (χ4n) is 1.33. The number of anilines is 1. The second kappa shape index (κ2) is 6.77. The summed E-state index contributed by atoms with van der Waals surface area (Å²) in [7, 11) is 1.52. The van der Waals surface area contributed by atoms with E-state index < -0.39 is 0 Å². The van der Waals surface area contributed by atoms with E-state index in [1.54, 1.807) is 17.0 Å². The van der Waals surface area contributed by atoms with Gasteiger partial charge >= 0.3 is 0 Å². The maximum Gasteiger partial charge on any atom is 0.271 e. The van der Waals surface area contributed by atoms with E-state index in [1.165, 1.54) is 7.05 Å². The Balaban J connectivity index is 2.80. The van der Waals surface area contributed by atoms with E-state index in [0.29, 0.717) is 18.9 Å². The number of rotatable bonds is 6. The minimum Gasteiger partial charge on any atom is -0.395 e. The first-order chi connectivity index (χ1) is 8.22. The topological polar surface area (TPSA) is 98.6 Å². The standard InChI is InChI=1S/C10H16N4O3/c1-11-10(17)8-2-3-9(13-12-8)14(4-6-15)5-7-16/h2-3,15-16H,4-7H2,1H3,(H,11,17). The molecule has 0 saturated carbocycles. The van der Waals surface area contributed by atoms with Gasteiger partial charge in [-0.15, -0.1) is 10.2 Å². The third-order valence-electron chi connectivity index (χ3n) is 2.17. The first-order valence-corrected chi connectivity index (χ1v) is 5.25. The molecule has 0 atom stereocenters. The van der Waals surface area contributed by atoms with Crippen LogP contribution >= 0.6 is 0 Å². The molecule has 0 aromatic carbocycles. The summed E-state index contributed by atoms with van der Waals surface area (Å²) in [6.07, 6.45) is 0. The van der Waals surface area contributed by atoms with Crippen molar-refractivity contribution in [3.8, 4) is 0 Å². The van der Waals surface area contributed by atoms with E-state index >= 15 is 0 Å². The fraction of sp³-hybridized carbons (Fsp3) is 0.500. The van der Waals surface area contributed by atoms with Gasteiger partial charge in [-0.1, -0.05) is 0 Å². The van der Waals surface area contributed by atoms with Gasteiger partial charge in [0, 0.05) is 20.1 Å². The van der Waals surface area contributed by atoms with Crippen molar-refractivity contribution >= 4 is 11.7 Å². The van der Waals surface area contributed by atoms with Crippen LogP contribution in [0.3, 0.4) is 0 Å². The largest absolute Gasteiger partial charge is 0.395 e. The molecule has 7 heteroatoms. The van der Waals surface area contributed by atoms with E-state index in [4.69, 9.17) is 10.2 Å². The molecular weight excluding hydrogens is 224 g/mol. The highest BCUT2D eigenvalue weighted by Gasteiger charge is 2.10. The maximum absolute atomic E-state index is 11.2. The molecule has 1 aromatic rings. The first kappa shape index (κ1) is 13.3. The van der Waals surface area contributed by atoms with Gasteiger partial charge in [-0.2, -0.15) is 0 Å². The van der Waals surface area contributed by atoms with Gasteiger partial charge in [0.15, 0.2) is 11.5 Å². The molecule has 0 spiro atoms. The van der Waals surface area contributed by atoms with Crippen molar-refractivity contribution in [1.29, 1.82) is 0 Å². The van der Waals surface area contributed by atoms with Gasteiger partial charge < -0.3 is 20.4 Å². The van der Waals surface area contributed by atoms with Crippen LogP contribution in [0.2, 0.25) is 0 Å². The second-order valence-corrected chi connectivity index (χ2v) is 3.29. The van der Waals surface area contributed by atoms with Crippen LogP contribution in [0.1, 0.15) is 10.5 Å². The molecule has 1 amide bonds. The Hall–Kier alpha value is -1.73. The van der Waals surface area contributed by atoms with Crippen molar-refractivity contribution in [2.24, 2.45) is 0 Å². The molecule has 1 aromatic heterocycles. The van der Waals surface area contributed by atoms with Gasteiger partial charge in [0.2, 0.25) is 0 Å². The summed E-state index contributed by atoms with van der Waals surface area (Å²) in [5.41, 5.74) is 0.226. The van der Waals surface area contributed by atoms with E-state index in [1.807, 2.05) is 0 Å². The van der Waals surface area contributed by atoms with Crippen LogP contribution in [0.4, 0.5) is 5.82 Å². The minimum atomic E-state index is -0.306. The number of aliphatic hydroxyl groups is 2. The predicted molar refractivity (Wildman–Crippen MR) is 61.8 cm³/mol. The van der Waals surface area contributed by atoms with Crippen molar-refractivity contribution in [3.05, 3.63) is 17.8 Å². The van der Waals surface area contributed by atoms with Gasteiger partial charge in [0.05, 0.1) is 13.2 Å². The summed E-state index contributed by atoms with van der Waals surface area (Å²) in [6.45, 7) is 0.626. The van der Waals surface area contributed by atoms with Crippen molar-refractivity contribution in [1.82, 2.24) is 15.5 Å². The van der Waals surface area contributed by atoms with Crippen LogP contribution in [-0.4, -0.2) is 59.7 Å². The molecule has 0 aliphatic carbocycles. The number of hydrogen-bond donors (Lipinski definition) is 3. The van der Waals surface area contributed by atoms with Gasteiger partial charge in [-0.3, -0.25) is 4.79 Å². The van der Waals surface area contributed by atoms with Gasteiger partial charge in [0.25, 0.3) is 5.91 Å². The number of amides is 1. The van der Waals surface area contributed by atoms with Crippen LogP contribution < -0.4 is 10.2 Å². The number of nitrogens with one attached hydrogen (secondary N) is 1. The number of carbonyl (C=O) groups excluding carboxylic acids is 1. The van der Waals surface area contributed by atoms with Crippen molar-refractivity contribution in [2.75, 3.05) is 38.3 Å². The lowest BCUT2D eigenvalue weighted by molar-refractivity contribution is 0.0957. The lowest BCUT2D eigenvalue weighted by atomic mass is 10.3. The highest BCUT2D eigenvalue weighted by Crippen LogP contribution is 2.08. The molecule has 94 valence electrons. The summed E-state index contributed by atoms with van der Waals surface area (Å²) in [6, 6.07) is 3.17. The highest BCUT2D eigenvalue weighted by atomic mass is 16.3. The molecule has 0 unspecified atom stereocenters. The summed E-state index contributed by atoms with van der Waals surface area (Å²) in [5, 5.41) is 27.8. The van der Waals surface area contributed by atoms with E-state index in [-0.39, 0.29) is 24.8 Å². The lowest BCUT2D eigenvalue weighted by Gasteiger charge is -2.20. The fourth-order valence-corrected chi connectivity index (χ4v) is 1.33. The maximum atomic E-state index is 11.2. The van der Waals surface area contributed by atoms with Crippen molar-refractivity contribution < 1.29 is 15.0 Å². The molecule has 0 aliphatic heterocycles. The van der Waals surface area contributed by atoms with Gasteiger partial charge in [-0.05, 0) is 12.1 Å². The van der Waals surface area contributed by atoms with Crippen LogP contribution in [0, 0.1) is 0 Å². The van der Waals surface area contributed by atoms with Crippen LogP contribution in [0.5, 0.6) is 0 Å². The summed E-state index contributed by atoms with van der Waals surface area (Å²) >= 11 is 0. The number of aliphatic hydroxyl groups excluding tert-OH is 2. The third kappa shape index (κ3) is 3.65. The zero-order chi connectivity index (χ0) is 12.7. The van der Waals surface area contributed by atoms with Crippen LogP contribution in [-0.2, 0) is 0 Å². The molecule has 17 heavy (non-hydrogen) atoms. The highest BCUT2D eigenvalue weighted by molar-refractivity contribution is 5.91. The van der Waals surface area contributed by atoms with Crippen LogP contribution in [0.15, 0.2) is 12.1 Å². The SMILES string of the molecule is CNC(=O)c1ccc(N(CCO)CCO)nn1. The smallest absolute Gasteiger partial charge is 0.271 e. The average molecular weight is 240 g/mol. The first-order valence-electron chi connectivity index (χ1n) is 5.25. The monoisotopic (exact) mass is 240 g/mol. The Bertz CT molecular complexity index is 349. The molecule has 3 N–H and O–H groups in total. The van der Waals surface area contributed by atoms with Crippen LogP contribution in [0.25, 0.3) is 0 Å². The Labute approximate surface area is 99.1 Å². The van der Waals surface area contributed by atoms with Gasteiger partial charge in [-0.25, -0.2) is 0 Å². The van der Waals surface area contributed by atoms with E-state index in [2.05, 4.69) is 15.5 Å². The molecule has 1 heterocycles. The number of carbonyl (C=O) groups is 1. The molecule has 7 nitrogen and oxygen atoms in total. The van der Waals surface area contributed by atoms with Crippen molar-refractivity contribution in [3.63, 3.8) is 0 Å². The van der Waals surface area contributed by atoms with E-state index in [0.717, 1.165) is 0 Å². The lowest BCUT2D eigenvalue weighted by Crippen LogP contribution is -2.31. The second-order valence-electron chi connectivity index (χ2n) is 3.29. The number of nitrogens with zero attached hydrogens (tertiary/aromatic N) is 3. The Morgan fingerprint density at radius 3 is 2.35 bits per heavy atom. The number of hydrogen-bond acceptors (Lipinski definition) is 6. The summed E-state index contributed by atoms with van der Waals surface area (Å²) in [4.78, 5) is 12.9. The Kier molecular flexibility index (Phi) is 5.31. The Morgan fingerprint density at radius 2 is 1.94 bits per heavy atom. The average Bonchev–Trinajstić information content (AvgIpc) is 2.38. The molecule has 0 fully saturated rings. The minimum absolute atomic E-state index is 0.0428. The predicted octanol–water partition coefficient (Wildman–Crippen LogP) is -1.37. The Morgan fingerprint density at radius 1 is 1.29 bits per heavy atom. The molecule has 0 saturated heterocycles. The normalized spacial score (nSPS) is 10.1. The van der Waals surface area contributed by atoms with Crippen molar-refractivity contribution in [2.45, 2.75) is 0 Å². The summed E-state index contributed by atoms with van der Waals surface area (Å²) in [5.74, 6) is 0.209. The zero-order valence-corrected chi connectivity index (χ0v) is 9.63. The molecule has 0 radical (unpaired) electrons. The van der Waals surface area contributed by atoms with Gasteiger partial charge in [0.1, 0.15) is 0 Å². The third-order valence-corrected chi connectivity index (χ3v) is 2.17. The molecule has 1 rings (SSSR count).